The first-order valence-electron chi connectivity index (χ1n) is 8.84. The van der Waals surface area contributed by atoms with E-state index < -0.39 is 39.3 Å². The van der Waals surface area contributed by atoms with E-state index in [1.54, 1.807) is 0 Å². The van der Waals surface area contributed by atoms with Crippen molar-refractivity contribution in [1.29, 1.82) is 0 Å². The Morgan fingerprint density at radius 3 is 1.93 bits per heavy atom. The molecule has 1 aliphatic heterocycles. The van der Waals surface area contributed by atoms with Gasteiger partial charge in [0.2, 0.25) is 0 Å². The topological polar surface area (TPSA) is 139 Å². The average Bonchev–Trinajstić information content (AvgIpc) is 2.67. The zero-order valence-electron chi connectivity index (χ0n) is 16.5. The van der Waals surface area contributed by atoms with E-state index >= 15 is 0 Å². The van der Waals surface area contributed by atoms with Gasteiger partial charge in [-0.25, -0.2) is 14.7 Å². The first-order valence-corrected chi connectivity index (χ1v) is 8.84. The van der Waals surface area contributed by atoms with Gasteiger partial charge in [-0.1, -0.05) is 12.1 Å². The quantitative estimate of drug-likeness (QED) is 0.413. The van der Waals surface area contributed by atoms with Crippen LogP contribution in [0.5, 0.6) is 0 Å². The number of nitro benzene ring substituents is 1. The lowest BCUT2D eigenvalue weighted by molar-refractivity contribution is -0.386. The number of nitrogens with zero attached hydrogens (tertiary/aromatic N) is 2. The number of carbonyl (C=O) groups excluding carboxylic acids is 2. The maximum atomic E-state index is 12.7. The molecule has 0 amide bonds. The third-order valence-corrected chi connectivity index (χ3v) is 4.53. The number of aliphatic hydroxyl groups is 1. The lowest BCUT2D eigenvalue weighted by Crippen LogP contribution is -2.46. The number of hydrogen-bond donors (Lipinski definition) is 2. The second-order valence-corrected chi connectivity index (χ2v) is 6.16. The Hall–Kier alpha value is -3.24. The van der Waals surface area contributed by atoms with Gasteiger partial charge in [-0.05, 0) is 33.8 Å². The maximum absolute atomic E-state index is 12.7. The van der Waals surface area contributed by atoms with Gasteiger partial charge in [-0.3, -0.25) is 15.3 Å². The van der Waals surface area contributed by atoms with E-state index in [-0.39, 0.29) is 30.2 Å². The highest BCUT2D eigenvalue weighted by atomic mass is 16.6. The standard InChI is InChI=1S/C19H22N2O8/c1-5-28-17(22)15-11(3)20(25)12(4)16(18(23)29-6-2)19(15,24)13-9-7-8-10-14(13)21(26)27/h7-10,24-25H,5-6H2,1-4H3. The molecule has 0 saturated carbocycles. The van der Waals surface area contributed by atoms with Crippen LogP contribution in [0.4, 0.5) is 5.69 Å². The van der Waals surface area contributed by atoms with Crippen molar-refractivity contribution >= 4 is 17.6 Å². The number of ether oxygens (including phenoxy) is 2. The van der Waals surface area contributed by atoms with Gasteiger partial charge < -0.3 is 14.6 Å². The molecule has 29 heavy (non-hydrogen) atoms. The molecule has 1 aromatic rings. The van der Waals surface area contributed by atoms with E-state index in [1.165, 1.54) is 45.9 Å². The van der Waals surface area contributed by atoms with Crippen molar-refractivity contribution in [3.05, 3.63) is 62.5 Å². The summed E-state index contributed by atoms with van der Waals surface area (Å²) < 4.78 is 10.0. The van der Waals surface area contributed by atoms with Crippen LogP contribution in [0.3, 0.4) is 0 Å². The zero-order chi connectivity index (χ0) is 21.9. The maximum Gasteiger partial charge on any atom is 0.339 e. The van der Waals surface area contributed by atoms with Gasteiger partial charge in [0.05, 0.1) is 46.2 Å². The van der Waals surface area contributed by atoms with Crippen LogP contribution in [0.25, 0.3) is 0 Å². The Morgan fingerprint density at radius 1 is 1.07 bits per heavy atom. The molecule has 1 aromatic carbocycles. The Labute approximate surface area is 166 Å². The van der Waals surface area contributed by atoms with Crippen LogP contribution in [0.2, 0.25) is 0 Å². The van der Waals surface area contributed by atoms with E-state index in [0.717, 1.165) is 6.07 Å². The second kappa shape index (κ2) is 8.41. The molecule has 0 unspecified atom stereocenters. The monoisotopic (exact) mass is 406 g/mol. The van der Waals surface area contributed by atoms with Gasteiger partial charge >= 0.3 is 11.9 Å². The molecule has 0 spiro atoms. The number of carbonyl (C=O) groups is 2. The molecule has 0 aliphatic carbocycles. The van der Waals surface area contributed by atoms with Crippen LogP contribution in [0, 0.1) is 10.1 Å². The number of benzene rings is 1. The van der Waals surface area contributed by atoms with Crippen molar-refractivity contribution in [3.8, 4) is 0 Å². The minimum atomic E-state index is -2.59. The summed E-state index contributed by atoms with van der Waals surface area (Å²) in [6, 6.07) is 5.16. The molecule has 0 fully saturated rings. The van der Waals surface area contributed by atoms with Gasteiger partial charge in [-0.2, -0.15) is 0 Å². The van der Waals surface area contributed by atoms with Crippen molar-refractivity contribution in [2.75, 3.05) is 13.2 Å². The van der Waals surface area contributed by atoms with Gasteiger partial charge in [-0.15, -0.1) is 0 Å². The minimum Gasteiger partial charge on any atom is -0.462 e. The zero-order valence-corrected chi connectivity index (χ0v) is 16.5. The molecule has 1 aliphatic rings. The lowest BCUT2D eigenvalue weighted by atomic mass is 9.75. The summed E-state index contributed by atoms with van der Waals surface area (Å²) in [5.41, 5.74) is -4.78. The predicted molar refractivity (Wildman–Crippen MR) is 99.3 cm³/mol. The van der Waals surface area contributed by atoms with Crippen molar-refractivity contribution in [1.82, 2.24) is 5.06 Å². The van der Waals surface area contributed by atoms with Crippen LogP contribution in [0.15, 0.2) is 46.8 Å². The molecule has 10 nitrogen and oxygen atoms in total. The fraction of sp³-hybridized carbons (Fsp3) is 0.368. The fourth-order valence-electron chi connectivity index (χ4n) is 3.32. The van der Waals surface area contributed by atoms with E-state index in [4.69, 9.17) is 9.47 Å². The van der Waals surface area contributed by atoms with Crippen molar-refractivity contribution in [2.45, 2.75) is 33.3 Å². The van der Waals surface area contributed by atoms with Crippen molar-refractivity contribution in [3.63, 3.8) is 0 Å². The van der Waals surface area contributed by atoms with Crippen molar-refractivity contribution in [2.24, 2.45) is 0 Å². The van der Waals surface area contributed by atoms with Gasteiger partial charge in [0.25, 0.3) is 5.69 Å². The number of hydroxylamine groups is 2. The Kier molecular flexibility index (Phi) is 6.40. The Balaban J connectivity index is 2.96. The van der Waals surface area contributed by atoms with E-state index in [2.05, 4.69) is 0 Å². The van der Waals surface area contributed by atoms with Crippen LogP contribution >= 0.6 is 0 Å². The molecule has 10 heteroatoms. The Bertz CT molecular complexity index is 877. The summed E-state index contributed by atoms with van der Waals surface area (Å²) in [5, 5.41) is 34.4. The third kappa shape index (κ3) is 3.59. The number of rotatable bonds is 6. The highest BCUT2D eigenvalue weighted by molar-refractivity contribution is 6.01. The molecule has 0 saturated heterocycles. The van der Waals surface area contributed by atoms with E-state index in [9.17, 15) is 30.0 Å². The smallest absolute Gasteiger partial charge is 0.339 e. The molecule has 0 aromatic heterocycles. The average molecular weight is 406 g/mol. The fourth-order valence-corrected chi connectivity index (χ4v) is 3.32. The van der Waals surface area contributed by atoms with Gasteiger partial charge in [0, 0.05) is 6.07 Å². The van der Waals surface area contributed by atoms with E-state index in [1.807, 2.05) is 0 Å². The first-order chi connectivity index (χ1) is 13.6. The summed E-state index contributed by atoms with van der Waals surface area (Å²) in [7, 11) is 0. The number of para-hydroxylation sites is 1. The molecular formula is C19H22N2O8. The highest BCUT2D eigenvalue weighted by Gasteiger charge is 2.54. The lowest BCUT2D eigenvalue weighted by Gasteiger charge is -2.39. The third-order valence-electron chi connectivity index (χ3n) is 4.53. The molecule has 2 N–H and O–H groups in total. The molecule has 156 valence electrons. The predicted octanol–water partition coefficient (Wildman–Crippen LogP) is 2.16. The number of hydrogen-bond acceptors (Lipinski definition) is 9. The summed E-state index contributed by atoms with van der Waals surface area (Å²) in [5.74, 6) is -2.09. The summed E-state index contributed by atoms with van der Waals surface area (Å²) >= 11 is 0. The van der Waals surface area contributed by atoms with Crippen LogP contribution in [-0.4, -0.2) is 45.5 Å². The van der Waals surface area contributed by atoms with Gasteiger partial charge in [0.15, 0.2) is 5.60 Å². The minimum absolute atomic E-state index is 0.0640. The van der Waals surface area contributed by atoms with Crippen LogP contribution in [0.1, 0.15) is 33.3 Å². The SMILES string of the molecule is CCOC(=O)C1=C(C)N(O)C(C)=C(C(=O)OCC)C1(O)c1ccccc1[N+](=O)[O-]. The molecule has 1 heterocycles. The number of nitro groups is 1. The van der Waals surface area contributed by atoms with E-state index in [0.29, 0.717) is 5.06 Å². The number of esters is 2. The largest absolute Gasteiger partial charge is 0.462 e. The normalized spacial score (nSPS) is 16.0. The molecule has 2 rings (SSSR count). The first kappa shape index (κ1) is 22.1. The summed E-state index contributed by atoms with van der Waals surface area (Å²) in [6.07, 6.45) is 0. The summed E-state index contributed by atoms with van der Waals surface area (Å²) in [6.45, 7) is 5.57. The van der Waals surface area contributed by atoms with Crippen LogP contribution in [-0.2, 0) is 24.7 Å². The Morgan fingerprint density at radius 2 is 1.52 bits per heavy atom. The van der Waals surface area contributed by atoms with Crippen LogP contribution < -0.4 is 0 Å². The summed E-state index contributed by atoms with van der Waals surface area (Å²) in [4.78, 5) is 36.3. The van der Waals surface area contributed by atoms with Gasteiger partial charge in [0.1, 0.15) is 0 Å². The van der Waals surface area contributed by atoms with Crippen molar-refractivity contribution < 1.29 is 34.3 Å². The molecule has 0 radical (unpaired) electrons. The number of allylic oxidation sites excluding steroid dienone is 2. The molecular weight excluding hydrogens is 384 g/mol. The second-order valence-electron chi connectivity index (χ2n) is 6.16. The molecule has 0 atom stereocenters. The molecule has 0 bridgehead atoms. The highest BCUT2D eigenvalue weighted by Crippen LogP contribution is 2.48.